The van der Waals surface area contributed by atoms with Gasteiger partial charge >= 0.3 is 0 Å². The summed E-state index contributed by atoms with van der Waals surface area (Å²) in [4.78, 5) is 2.17. The van der Waals surface area contributed by atoms with Crippen LogP contribution in [-0.4, -0.2) is 38.2 Å². The van der Waals surface area contributed by atoms with Crippen molar-refractivity contribution in [2.45, 2.75) is 25.9 Å². The minimum atomic E-state index is 0.248. The van der Waals surface area contributed by atoms with E-state index in [2.05, 4.69) is 38.1 Å². The fourth-order valence-corrected chi connectivity index (χ4v) is 1.63. The first-order valence-corrected chi connectivity index (χ1v) is 6.22. The van der Waals surface area contributed by atoms with Crippen LogP contribution in [0.15, 0.2) is 24.3 Å². The lowest BCUT2D eigenvalue weighted by Gasteiger charge is -2.17. The summed E-state index contributed by atoms with van der Waals surface area (Å²) in [7, 11) is 4.16. The van der Waals surface area contributed by atoms with Crippen LogP contribution in [0, 0.1) is 0 Å². The Morgan fingerprint density at radius 3 is 2.41 bits per heavy atom. The Labute approximate surface area is 105 Å². The zero-order valence-electron chi connectivity index (χ0n) is 11.1. The molecule has 96 valence electrons. The van der Waals surface area contributed by atoms with Gasteiger partial charge in [-0.1, -0.05) is 12.1 Å². The highest BCUT2D eigenvalue weighted by Crippen LogP contribution is 2.15. The number of benzene rings is 1. The summed E-state index contributed by atoms with van der Waals surface area (Å²) in [6, 6.07) is 8.22. The van der Waals surface area contributed by atoms with Gasteiger partial charge in [0.15, 0.2) is 0 Å². The molecule has 1 unspecified atom stereocenters. The highest BCUT2D eigenvalue weighted by atomic mass is 16.5. The first-order valence-electron chi connectivity index (χ1n) is 6.22. The molecule has 0 saturated heterocycles. The van der Waals surface area contributed by atoms with Crippen molar-refractivity contribution < 1.29 is 4.74 Å². The summed E-state index contributed by atoms with van der Waals surface area (Å²) in [6.07, 6.45) is 2.21. The monoisotopic (exact) mass is 236 g/mol. The number of rotatable bonds is 7. The lowest BCUT2D eigenvalue weighted by molar-refractivity contribution is 0.194. The van der Waals surface area contributed by atoms with Crippen molar-refractivity contribution in [2.24, 2.45) is 5.73 Å². The number of hydrogen-bond donors (Lipinski definition) is 1. The fraction of sp³-hybridized carbons (Fsp3) is 0.571. The molecule has 0 aliphatic carbocycles. The van der Waals surface area contributed by atoms with E-state index in [0.29, 0.717) is 6.54 Å². The van der Waals surface area contributed by atoms with Crippen molar-refractivity contribution in [1.29, 1.82) is 0 Å². The Hall–Kier alpha value is -1.06. The highest BCUT2D eigenvalue weighted by Gasteiger charge is 2.04. The van der Waals surface area contributed by atoms with E-state index >= 15 is 0 Å². The Bertz CT molecular complexity index is 309. The molecule has 17 heavy (non-hydrogen) atoms. The number of ether oxygens (including phenoxy) is 1. The van der Waals surface area contributed by atoms with E-state index in [4.69, 9.17) is 10.5 Å². The molecule has 0 spiro atoms. The van der Waals surface area contributed by atoms with Crippen LogP contribution in [-0.2, 0) is 6.42 Å². The summed E-state index contributed by atoms with van der Waals surface area (Å²) in [5.74, 6) is 0.942. The Kier molecular flexibility index (Phi) is 6.01. The lowest BCUT2D eigenvalue weighted by Crippen LogP contribution is -2.21. The zero-order valence-corrected chi connectivity index (χ0v) is 11.1. The van der Waals surface area contributed by atoms with Gasteiger partial charge in [0.05, 0.1) is 6.10 Å². The van der Waals surface area contributed by atoms with Gasteiger partial charge < -0.3 is 15.4 Å². The van der Waals surface area contributed by atoms with Crippen LogP contribution in [0.1, 0.15) is 18.9 Å². The molecule has 1 atom stereocenters. The number of nitrogens with zero attached hydrogens (tertiary/aromatic N) is 1. The van der Waals surface area contributed by atoms with Crippen LogP contribution >= 0.6 is 0 Å². The third kappa shape index (κ3) is 5.71. The quantitative estimate of drug-likeness (QED) is 0.786. The van der Waals surface area contributed by atoms with Crippen LogP contribution in [0.25, 0.3) is 0 Å². The molecule has 1 aromatic carbocycles. The molecule has 0 radical (unpaired) electrons. The van der Waals surface area contributed by atoms with E-state index in [-0.39, 0.29) is 6.10 Å². The van der Waals surface area contributed by atoms with Crippen molar-refractivity contribution >= 4 is 0 Å². The molecule has 2 N–H and O–H groups in total. The van der Waals surface area contributed by atoms with Crippen molar-refractivity contribution in [1.82, 2.24) is 4.90 Å². The van der Waals surface area contributed by atoms with Gasteiger partial charge in [-0.2, -0.15) is 0 Å². The SMILES string of the molecule is CC(CCN(C)C)Oc1ccc(CCN)cc1. The predicted octanol–water partition coefficient (Wildman–Crippen LogP) is 1.91. The van der Waals surface area contributed by atoms with Gasteiger partial charge in [-0.3, -0.25) is 0 Å². The van der Waals surface area contributed by atoms with Crippen molar-refractivity contribution in [3.05, 3.63) is 29.8 Å². The number of hydrogen-bond acceptors (Lipinski definition) is 3. The van der Waals surface area contributed by atoms with E-state index in [0.717, 1.165) is 25.1 Å². The van der Waals surface area contributed by atoms with E-state index in [1.165, 1.54) is 5.56 Å². The van der Waals surface area contributed by atoms with Crippen molar-refractivity contribution in [3.63, 3.8) is 0 Å². The van der Waals surface area contributed by atoms with Gasteiger partial charge in [-0.15, -0.1) is 0 Å². The smallest absolute Gasteiger partial charge is 0.119 e. The molecule has 3 heteroatoms. The van der Waals surface area contributed by atoms with E-state index < -0.39 is 0 Å². The van der Waals surface area contributed by atoms with Crippen LogP contribution in [0.5, 0.6) is 5.75 Å². The molecule has 1 rings (SSSR count). The molecule has 0 fully saturated rings. The van der Waals surface area contributed by atoms with Crippen LogP contribution in [0.2, 0.25) is 0 Å². The molecule has 0 saturated carbocycles. The van der Waals surface area contributed by atoms with Crippen molar-refractivity contribution in [2.75, 3.05) is 27.2 Å². The second-order valence-electron chi connectivity index (χ2n) is 4.70. The zero-order chi connectivity index (χ0) is 12.7. The average Bonchev–Trinajstić information content (AvgIpc) is 2.29. The maximum Gasteiger partial charge on any atom is 0.119 e. The largest absolute Gasteiger partial charge is 0.491 e. The van der Waals surface area contributed by atoms with Crippen molar-refractivity contribution in [3.8, 4) is 5.75 Å². The molecule has 0 heterocycles. The summed E-state index contributed by atoms with van der Waals surface area (Å²) in [5.41, 5.74) is 6.78. The summed E-state index contributed by atoms with van der Waals surface area (Å²) >= 11 is 0. The molecule has 0 bridgehead atoms. The minimum absolute atomic E-state index is 0.248. The van der Waals surface area contributed by atoms with Gasteiger partial charge in [-0.25, -0.2) is 0 Å². The third-order valence-electron chi connectivity index (χ3n) is 2.68. The number of nitrogens with two attached hydrogens (primary N) is 1. The van der Waals surface area contributed by atoms with Crippen LogP contribution in [0.3, 0.4) is 0 Å². The van der Waals surface area contributed by atoms with Gasteiger partial charge in [-0.05, 0) is 58.1 Å². The third-order valence-corrected chi connectivity index (χ3v) is 2.68. The fourth-order valence-electron chi connectivity index (χ4n) is 1.63. The molecular formula is C14H24N2O. The first-order chi connectivity index (χ1) is 8.11. The highest BCUT2D eigenvalue weighted by molar-refractivity contribution is 5.27. The molecule has 0 aliphatic rings. The van der Waals surface area contributed by atoms with Gasteiger partial charge in [0.25, 0.3) is 0 Å². The molecule has 3 nitrogen and oxygen atoms in total. The molecule has 0 aromatic heterocycles. The summed E-state index contributed by atoms with van der Waals surface area (Å²) < 4.78 is 5.84. The van der Waals surface area contributed by atoms with E-state index in [1.54, 1.807) is 0 Å². The Morgan fingerprint density at radius 1 is 1.24 bits per heavy atom. The maximum absolute atomic E-state index is 5.84. The molecule has 1 aromatic rings. The first kappa shape index (κ1) is 14.0. The second-order valence-corrected chi connectivity index (χ2v) is 4.70. The minimum Gasteiger partial charge on any atom is -0.491 e. The molecule has 0 aliphatic heterocycles. The van der Waals surface area contributed by atoms with Crippen LogP contribution in [0.4, 0.5) is 0 Å². The predicted molar refractivity (Wildman–Crippen MR) is 72.5 cm³/mol. The van der Waals surface area contributed by atoms with Gasteiger partial charge in [0.2, 0.25) is 0 Å². The van der Waals surface area contributed by atoms with Gasteiger partial charge in [0, 0.05) is 6.54 Å². The van der Waals surface area contributed by atoms with E-state index in [9.17, 15) is 0 Å². The normalized spacial score (nSPS) is 12.8. The summed E-state index contributed by atoms with van der Waals surface area (Å²) in [5, 5.41) is 0. The second kappa shape index (κ2) is 7.30. The van der Waals surface area contributed by atoms with E-state index in [1.807, 2.05) is 12.1 Å². The maximum atomic E-state index is 5.84. The average molecular weight is 236 g/mol. The Balaban J connectivity index is 2.40. The molecular weight excluding hydrogens is 212 g/mol. The standard InChI is InChI=1S/C14H24N2O/c1-12(9-11-16(2)3)17-14-6-4-13(5-7-14)8-10-15/h4-7,12H,8-11,15H2,1-3H3. The topological polar surface area (TPSA) is 38.5 Å². The van der Waals surface area contributed by atoms with Gasteiger partial charge in [0.1, 0.15) is 5.75 Å². The lowest BCUT2D eigenvalue weighted by atomic mass is 10.1. The molecule has 0 amide bonds. The Morgan fingerprint density at radius 2 is 1.88 bits per heavy atom. The van der Waals surface area contributed by atoms with Crippen LogP contribution < -0.4 is 10.5 Å². The summed E-state index contributed by atoms with van der Waals surface area (Å²) in [6.45, 7) is 3.85.